The molecule has 0 saturated carbocycles. The van der Waals surface area contributed by atoms with Crippen molar-refractivity contribution in [2.45, 2.75) is 31.7 Å². The minimum Gasteiger partial charge on any atom is -0.361 e. The van der Waals surface area contributed by atoms with Crippen molar-refractivity contribution in [3.05, 3.63) is 76.9 Å². The highest BCUT2D eigenvalue weighted by Gasteiger charge is 2.17. The number of H-pyrrole nitrogens is 1. The van der Waals surface area contributed by atoms with Crippen LogP contribution in [-0.2, 0) is 12.8 Å². The Labute approximate surface area is 163 Å². The fraction of sp³-hybridized carbons (Fsp3) is 0.261. The van der Waals surface area contributed by atoms with Gasteiger partial charge in [-0.25, -0.2) is 4.98 Å². The maximum absolute atomic E-state index is 4.90. The average Bonchev–Trinajstić information content (AvgIpc) is 3.45. The van der Waals surface area contributed by atoms with Crippen LogP contribution in [0.4, 0.5) is 0 Å². The van der Waals surface area contributed by atoms with Crippen molar-refractivity contribution in [2.75, 3.05) is 6.54 Å². The summed E-state index contributed by atoms with van der Waals surface area (Å²) >= 11 is 1.74. The van der Waals surface area contributed by atoms with Crippen molar-refractivity contribution in [3.63, 3.8) is 0 Å². The molecule has 5 rings (SSSR count). The second-order valence-corrected chi connectivity index (χ2v) is 8.24. The molecule has 0 amide bonds. The van der Waals surface area contributed by atoms with Gasteiger partial charge in [0.25, 0.3) is 0 Å². The van der Waals surface area contributed by atoms with Gasteiger partial charge in [0.05, 0.1) is 5.69 Å². The highest BCUT2D eigenvalue weighted by atomic mass is 32.1. The van der Waals surface area contributed by atoms with E-state index >= 15 is 0 Å². The Balaban J connectivity index is 1.41. The monoisotopic (exact) mass is 373 g/mol. The summed E-state index contributed by atoms with van der Waals surface area (Å²) in [4.78, 5) is 8.33. The van der Waals surface area contributed by atoms with Crippen LogP contribution in [0.2, 0.25) is 0 Å². The number of nitrogens with zero attached hydrogens (tertiary/aromatic N) is 1. The van der Waals surface area contributed by atoms with Gasteiger partial charge in [0.2, 0.25) is 0 Å². The molecular weight excluding hydrogens is 350 g/mol. The number of fused-ring (bicyclic) bond motifs is 1. The van der Waals surface area contributed by atoms with E-state index in [1.165, 1.54) is 40.4 Å². The molecule has 0 spiro atoms. The quantitative estimate of drug-likeness (QED) is 0.506. The molecule has 1 aliphatic heterocycles. The Morgan fingerprint density at radius 1 is 1.11 bits per heavy atom. The fourth-order valence-corrected chi connectivity index (χ4v) is 4.82. The fourth-order valence-electron chi connectivity index (χ4n) is 4.00. The van der Waals surface area contributed by atoms with Crippen LogP contribution in [0.25, 0.3) is 21.5 Å². The van der Waals surface area contributed by atoms with Gasteiger partial charge in [0, 0.05) is 40.5 Å². The first-order chi connectivity index (χ1) is 13.3. The molecule has 2 aromatic heterocycles. The lowest BCUT2D eigenvalue weighted by Crippen LogP contribution is -2.23. The molecule has 1 saturated heterocycles. The zero-order chi connectivity index (χ0) is 18.1. The molecule has 0 radical (unpaired) electrons. The van der Waals surface area contributed by atoms with Gasteiger partial charge in [-0.05, 0) is 55.1 Å². The van der Waals surface area contributed by atoms with Gasteiger partial charge in [-0.2, -0.15) is 0 Å². The van der Waals surface area contributed by atoms with Crippen molar-refractivity contribution in [2.24, 2.45) is 0 Å². The molecule has 1 fully saturated rings. The first kappa shape index (κ1) is 16.7. The summed E-state index contributed by atoms with van der Waals surface area (Å²) in [6, 6.07) is 17.8. The van der Waals surface area contributed by atoms with E-state index in [0.717, 1.165) is 30.1 Å². The number of hydrogen-bond donors (Lipinski definition) is 2. The van der Waals surface area contributed by atoms with Crippen LogP contribution in [0.5, 0.6) is 0 Å². The van der Waals surface area contributed by atoms with Crippen molar-refractivity contribution in [1.82, 2.24) is 15.3 Å². The van der Waals surface area contributed by atoms with E-state index < -0.39 is 0 Å². The molecule has 0 unspecified atom stereocenters. The lowest BCUT2D eigenvalue weighted by atomic mass is 10.0. The predicted molar refractivity (Wildman–Crippen MR) is 113 cm³/mol. The lowest BCUT2D eigenvalue weighted by Gasteiger charge is -2.09. The molecule has 4 heteroatoms. The van der Waals surface area contributed by atoms with E-state index in [1.54, 1.807) is 11.3 Å². The molecule has 0 bridgehead atoms. The minimum atomic E-state index is 0.616. The maximum Gasteiger partial charge on any atom is 0.123 e. The van der Waals surface area contributed by atoms with E-state index in [4.69, 9.17) is 4.98 Å². The maximum atomic E-state index is 4.90. The van der Waals surface area contributed by atoms with Gasteiger partial charge in [-0.1, -0.05) is 30.3 Å². The molecule has 2 N–H and O–H groups in total. The second kappa shape index (κ2) is 7.29. The molecule has 4 aromatic rings. The van der Waals surface area contributed by atoms with Crippen molar-refractivity contribution in [3.8, 4) is 10.6 Å². The molecule has 3 heterocycles. The van der Waals surface area contributed by atoms with Gasteiger partial charge in [0.15, 0.2) is 0 Å². The van der Waals surface area contributed by atoms with E-state index in [9.17, 15) is 0 Å². The summed E-state index contributed by atoms with van der Waals surface area (Å²) in [7, 11) is 0. The van der Waals surface area contributed by atoms with Gasteiger partial charge in [0.1, 0.15) is 5.01 Å². The third-order valence-electron chi connectivity index (χ3n) is 5.42. The third kappa shape index (κ3) is 3.55. The summed E-state index contributed by atoms with van der Waals surface area (Å²) in [6.45, 7) is 1.15. The largest absolute Gasteiger partial charge is 0.361 e. The van der Waals surface area contributed by atoms with Gasteiger partial charge < -0.3 is 10.3 Å². The van der Waals surface area contributed by atoms with Gasteiger partial charge in [-0.3, -0.25) is 0 Å². The Bertz CT molecular complexity index is 1040. The topological polar surface area (TPSA) is 40.7 Å². The van der Waals surface area contributed by atoms with Crippen LogP contribution >= 0.6 is 11.3 Å². The third-order valence-corrected chi connectivity index (χ3v) is 6.36. The highest BCUT2D eigenvalue weighted by Crippen LogP contribution is 2.30. The van der Waals surface area contributed by atoms with Crippen LogP contribution in [0.3, 0.4) is 0 Å². The van der Waals surface area contributed by atoms with Crippen molar-refractivity contribution >= 4 is 22.2 Å². The van der Waals surface area contributed by atoms with E-state index in [-0.39, 0.29) is 0 Å². The van der Waals surface area contributed by atoms with Crippen LogP contribution in [-0.4, -0.2) is 22.6 Å². The lowest BCUT2D eigenvalue weighted by molar-refractivity contribution is 0.605. The molecule has 2 aromatic carbocycles. The van der Waals surface area contributed by atoms with Crippen molar-refractivity contribution < 1.29 is 0 Å². The zero-order valence-corrected chi connectivity index (χ0v) is 16.1. The first-order valence-corrected chi connectivity index (χ1v) is 10.6. The standard InChI is InChI=1S/C23H23N3S/c1-2-5-16(6-3-1)11-20-15-27-23(26-20)17-8-9-22-21(13-17)18(14-25-22)12-19-7-4-10-24-19/h1-3,5-6,8-9,13-15,19,24-25H,4,7,10-12H2/t19-/m1/s1. The zero-order valence-electron chi connectivity index (χ0n) is 15.2. The average molecular weight is 374 g/mol. The summed E-state index contributed by atoms with van der Waals surface area (Å²) in [5.41, 5.74) is 6.29. The number of thiazole rings is 1. The number of benzene rings is 2. The summed E-state index contributed by atoms with van der Waals surface area (Å²) in [5, 5.41) is 8.24. The smallest absolute Gasteiger partial charge is 0.123 e. The van der Waals surface area contributed by atoms with E-state index in [2.05, 4.69) is 70.4 Å². The summed E-state index contributed by atoms with van der Waals surface area (Å²) < 4.78 is 0. The molecule has 0 aliphatic carbocycles. The number of aromatic nitrogens is 2. The Morgan fingerprint density at radius 3 is 2.89 bits per heavy atom. The van der Waals surface area contributed by atoms with Crippen LogP contribution in [0.15, 0.2) is 60.1 Å². The number of rotatable bonds is 5. The van der Waals surface area contributed by atoms with Gasteiger partial charge in [-0.15, -0.1) is 11.3 Å². The van der Waals surface area contributed by atoms with Gasteiger partial charge >= 0.3 is 0 Å². The van der Waals surface area contributed by atoms with E-state index in [0.29, 0.717) is 6.04 Å². The molecule has 1 atom stereocenters. The second-order valence-electron chi connectivity index (χ2n) is 7.38. The molecule has 136 valence electrons. The Morgan fingerprint density at radius 2 is 2.04 bits per heavy atom. The normalized spacial score (nSPS) is 17.0. The minimum absolute atomic E-state index is 0.616. The number of nitrogens with one attached hydrogen (secondary N) is 2. The van der Waals surface area contributed by atoms with Crippen LogP contribution in [0, 0.1) is 0 Å². The Kier molecular flexibility index (Phi) is 4.52. The highest BCUT2D eigenvalue weighted by molar-refractivity contribution is 7.13. The number of hydrogen-bond acceptors (Lipinski definition) is 3. The van der Waals surface area contributed by atoms with Crippen LogP contribution in [0.1, 0.15) is 29.7 Å². The summed E-state index contributed by atoms with van der Waals surface area (Å²) in [5.74, 6) is 0. The van der Waals surface area contributed by atoms with Crippen molar-refractivity contribution in [1.29, 1.82) is 0 Å². The van der Waals surface area contributed by atoms with E-state index in [1.807, 2.05) is 0 Å². The molecule has 1 aliphatic rings. The molecule has 27 heavy (non-hydrogen) atoms. The van der Waals surface area contributed by atoms with Crippen LogP contribution < -0.4 is 5.32 Å². The first-order valence-electron chi connectivity index (χ1n) is 9.67. The summed E-state index contributed by atoms with van der Waals surface area (Å²) in [6.07, 6.45) is 6.74. The molecular formula is C23H23N3S. The predicted octanol–water partition coefficient (Wildman–Crippen LogP) is 5.18. The number of aromatic amines is 1. The molecule has 3 nitrogen and oxygen atoms in total. The Hall–Kier alpha value is -2.43. The SMILES string of the molecule is c1ccc(Cc2csc(-c3ccc4[nH]cc(C[C@H]5CCCN5)c4c3)n2)cc1.